The minimum Gasteiger partial charge on any atom is -0.405 e. The SMILES string of the molecule is CC(C)(C)[Si](C)(C)OC1CC(N)C(=O)NC1=O.CC(C)(C)[Si](C)(C)OC1CC(N2C(=O)c3cccc(F)c3C2=O)C(=O)NC1=O.O=C1OC(=O)c2c(F)cccc21. The van der Waals surface area contributed by atoms with Gasteiger partial charge in [-0.2, -0.15) is 0 Å². The minimum atomic E-state index is -2.35. The zero-order chi connectivity index (χ0) is 43.2. The fraction of sp³-hybridized carbons (Fsp3) is 0.474. The molecule has 0 aliphatic carbocycles. The minimum absolute atomic E-state index is 0.000000000000000444. The number of hydrogen-bond donors (Lipinski definition) is 3. The first kappa shape index (κ1) is 44.9. The van der Waals surface area contributed by atoms with Crippen molar-refractivity contribution in [1.29, 1.82) is 0 Å². The first-order valence-corrected chi connectivity index (χ1v) is 23.9. The molecule has 15 nitrogen and oxygen atoms in total. The predicted octanol–water partition coefficient (Wildman–Crippen LogP) is 4.11. The number of esters is 2. The number of piperidine rings is 2. The van der Waals surface area contributed by atoms with E-state index in [4.69, 9.17) is 14.6 Å². The highest BCUT2D eigenvalue weighted by Crippen LogP contribution is 2.39. The van der Waals surface area contributed by atoms with E-state index in [0.29, 0.717) is 0 Å². The van der Waals surface area contributed by atoms with E-state index in [2.05, 4.69) is 49.2 Å². The van der Waals surface area contributed by atoms with Gasteiger partial charge in [0.1, 0.15) is 35.4 Å². The van der Waals surface area contributed by atoms with E-state index in [1.165, 1.54) is 24.3 Å². The Kier molecular flexibility index (Phi) is 12.8. The van der Waals surface area contributed by atoms with Gasteiger partial charge in [-0.25, -0.2) is 18.4 Å². The Balaban J connectivity index is 0.000000210. The van der Waals surface area contributed by atoms with Crippen LogP contribution >= 0.6 is 0 Å². The number of hydrogen-bond acceptors (Lipinski definition) is 12. The van der Waals surface area contributed by atoms with Crippen molar-refractivity contribution in [2.45, 2.75) is 115 Å². The fourth-order valence-corrected chi connectivity index (χ4v) is 8.11. The van der Waals surface area contributed by atoms with Gasteiger partial charge < -0.3 is 19.3 Å². The molecule has 0 saturated carbocycles. The van der Waals surface area contributed by atoms with Gasteiger partial charge in [0.2, 0.25) is 11.8 Å². The van der Waals surface area contributed by atoms with Crippen molar-refractivity contribution in [3.63, 3.8) is 0 Å². The number of cyclic esters (lactones) is 2. The molecule has 0 spiro atoms. The zero-order valence-electron chi connectivity index (χ0n) is 33.5. The number of amides is 6. The molecule has 308 valence electrons. The molecule has 2 fully saturated rings. The molecule has 2 aromatic rings. The standard InChI is InChI=1S/C19H23FN2O5Si.C11H22N2O3Si.C8H3FO3/c1-19(2,3)28(4,5)27-13-9-12(15(23)21-16(13)24)22-17(25)10-7-6-8-11(20)14(10)18(22)26;1-11(2,3)17(4,5)16-8-6-7(12)9(14)13-10(8)15;9-5-3-1-2-4-6(5)8(11)12-7(4)10/h6-8,12-13H,9H2,1-5H3,(H,21,23,24);7-8H,6,12H2,1-5H3,(H,13,14,15);1-3H. The Hall–Kier alpha value is -4.83. The van der Waals surface area contributed by atoms with E-state index >= 15 is 0 Å². The normalized spacial score (nSPS) is 22.4. The summed E-state index contributed by atoms with van der Waals surface area (Å²) in [6.45, 7) is 20.4. The van der Waals surface area contributed by atoms with Crippen molar-refractivity contribution < 1.29 is 60.7 Å². The molecule has 0 aromatic heterocycles. The van der Waals surface area contributed by atoms with Crippen molar-refractivity contribution in [2.24, 2.45) is 5.73 Å². The van der Waals surface area contributed by atoms with Gasteiger partial charge in [-0.05, 0) is 60.5 Å². The van der Waals surface area contributed by atoms with Crippen LogP contribution in [0.25, 0.3) is 0 Å². The number of benzene rings is 2. The van der Waals surface area contributed by atoms with Crippen LogP contribution in [-0.2, 0) is 32.8 Å². The van der Waals surface area contributed by atoms with Crippen molar-refractivity contribution in [3.05, 3.63) is 70.3 Å². The maximum Gasteiger partial charge on any atom is 0.349 e. The highest BCUT2D eigenvalue weighted by atomic mass is 28.4. The van der Waals surface area contributed by atoms with Crippen LogP contribution in [0.5, 0.6) is 0 Å². The summed E-state index contributed by atoms with van der Waals surface area (Å²) in [6.07, 6.45) is -1.44. The van der Waals surface area contributed by atoms with Crippen molar-refractivity contribution in [1.82, 2.24) is 15.5 Å². The molecular formula is C38H48F2N4O11Si2. The molecule has 2 saturated heterocycles. The van der Waals surface area contributed by atoms with Crippen LogP contribution in [-0.4, -0.2) is 93.2 Å². The van der Waals surface area contributed by atoms with Gasteiger partial charge in [-0.15, -0.1) is 0 Å². The second kappa shape index (κ2) is 16.2. The van der Waals surface area contributed by atoms with E-state index in [9.17, 15) is 47.1 Å². The average molecular weight is 831 g/mol. The Morgan fingerprint density at radius 2 is 1.11 bits per heavy atom. The van der Waals surface area contributed by atoms with Gasteiger partial charge in [-0.1, -0.05) is 53.7 Å². The lowest BCUT2D eigenvalue weighted by molar-refractivity contribution is -0.143. The van der Waals surface area contributed by atoms with Crippen LogP contribution < -0.4 is 16.4 Å². The van der Waals surface area contributed by atoms with Crippen LogP contribution in [0.4, 0.5) is 8.78 Å². The molecule has 4 atom stereocenters. The number of nitrogens with one attached hydrogen (secondary N) is 2. The average Bonchev–Trinajstić information content (AvgIpc) is 3.52. The van der Waals surface area contributed by atoms with Gasteiger partial charge in [-0.3, -0.25) is 44.3 Å². The second-order valence-electron chi connectivity index (χ2n) is 17.0. The van der Waals surface area contributed by atoms with E-state index < -0.39 is 94.0 Å². The molecule has 0 radical (unpaired) electrons. The van der Waals surface area contributed by atoms with E-state index in [1.807, 2.05) is 33.9 Å². The number of carbonyl (C=O) groups excluding carboxylic acids is 8. The largest absolute Gasteiger partial charge is 0.405 e. The van der Waals surface area contributed by atoms with E-state index in [-0.39, 0.29) is 51.1 Å². The molecule has 4 aliphatic heterocycles. The second-order valence-corrected chi connectivity index (χ2v) is 26.5. The summed E-state index contributed by atoms with van der Waals surface area (Å²) < 4.78 is 43.2. The van der Waals surface area contributed by atoms with Crippen LogP contribution in [0.15, 0.2) is 36.4 Å². The van der Waals surface area contributed by atoms with Crippen LogP contribution in [0.2, 0.25) is 36.3 Å². The van der Waals surface area contributed by atoms with Crippen molar-refractivity contribution in [2.75, 3.05) is 0 Å². The molecule has 0 bridgehead atoms. The summed E-state index contributed by atoms with van der Waals surface area (Å²) in [5, 5.41) is 4.29. The Labute approximate surface area is 330 Å². The number of carbonyl (C=O) groups is 8. The molecule has 4 heterocycles. The Bertz CT molecular complexity index is 2040. The molecular weight excluding hydrogens is 783 g/mol. The molecule has 6 amide bonds. The van der Waals surface area contributed by atoms with Gasteiger partial charge in [0.25, 0.3) is 23.6 Å². The third-order valence-corrected chi connectivity index (χ3v) is 19.9. The van der Waals surface area contributed by atoms with Crippen LogP contribution in [0, 0.1) is 11.6 Å². The van der Waals surface area contributed by atoms with Gasteiger partial charge in [0, 0.05) is 12.8 Å². The number of nitrogens with two attached hydrogens (primary N) is 1. The topological polar surface area (TPSA) is 218 Å². The third-order valence-electron chi connectivity index (χ3n) is 10.9. The lowest BCUT2D eigenvalue weighted by Crippen LogP contribution is -2.61. The maximum atomic E-state index is 14.1. The lowest BCUT2D eigenvalue weighted by atomic mass is 10.0. The summed E-state index contributed by atoms with van der Waals surface area (Å²) in [5.41, 5.74) is 4.93. The number of fused-ring (bicyclic) bond motifs is 2. The lowest BCUT2D eigenvalue weighted by Gasteiger charge is -2.41. The number of rotatable bonds is 5. The van der Waals surface area contributed by atoms with Gasteiger partial charge >= 0.3 is 11.9 Å². The summed E-state index contributed by atoms with van der Waals surface area (Å²) in [6, 6.07) is 5.69. The highest BCUT2D eigenvalue weighted by Gasteiger charge is 2.50. The molecule has 2 aromatic carbocycles. The first-order chi connectivity index (χ1) is 26.1. The van der Waals surface area contributed by atoms with Crippen molar-refractivity contribution >= 4 is 64.0 Å². The Morgan fingerprint density at radius 1 is 0.649 bits per heavy atom. The summed E-state index contributed by atoms with van der Waals surface area (Å²) >= 11 is 0. The predicted molar refractivity (Wildman–Crippen MR) is 204 cm³/mol. The van der Waals surface area contributed by atoms with E-state index in [1.54, 1.807) is 0 Å². The maximum absolute atomic E-state index is 14.1. The Morgan fingerprint density at radius 3 is 1.58 bits per heavy atom. The monoisotopic (exact) mass is 830 g/mol. The number of ether oxygens (including phenoxy) is 1. The zero-order valence-corrected chi connectivity index (χ0v) is 35.5. The number of nitrogens with zero attached hydrogens (tertiary/aromatic N) is 1. The molecule has 6 rings (SSSR count). The molecule has 4 aliphatic rings. The molecule has 4 N–H and O–H groups in total. The van der Waals surface area contributed by atoms with E-state index in [0.717, 1.165) is 17.0 Å². The quantitative estimate of drug-likeness (QED) is 0.168. The van der Waals surface area contributed by atoms with Crippen LogP contribution in [0.1, 0.15) is 95.8 Å². The third kappa shape index (κ3) is 9.33. The first-order valence-electron chi connectivity index (χ1n) is 18.1. The van der Waals surface area contributed by atoms with Gasteiger partial charge in [0.15, 0.2) is 16.6 Å². The summed E-state index contributed by atoms with van der Waals surface area (Å²) in [7, 11) is -4.37. The summed E-state index contributed by atoms with van der Waals surface area (Å²) in [5.74, 6) is -6.99. The van der Waals surface area contributed by atoms with Crippen molar-refractivity contribution in [3.8, 4) is 0 Å². The van der Waals surface area contributed by atoms with Gasteiger partial charge in [0.05, 0.1) is 22.7 Å². The molecule has 4 unspecified atom stereocenters. The molecule has 19 heteroatoms. The fourth-order valence-electron chi connectivity index (χ4n) is 5.57. The highest BCUT2D eigenvalue weighted by molar-refractivity contribution is 6.74. The number of imide groups is 3. The summed E-state index contributed by atoms with van der Waals surface area (Å²) in [4.78, 5) is 95.3. The van der Waals surface area contributed by atoms with Crippen LogP contribution in [0.3, 0.4) is 0 Å². The smallest absolute Gasteiger partial charge is 0.349 e. The molecule has 57 heavy (non-hydrogen) atoms. The number of halogens is 2.